The van der Waals surface area contributed by atoms with Crippen LogP contribution in [-0.4, -0.2) is 23.6 Å². The molecule has 3 heteroatoms. The van der Waals surface area contributed by atoms with Gasteiger partial charge in [-0.3, -0.25) is 4.90 Å². The standard InChI is InChI=1S/C13H15NO2/c1-3-11-4-6-12(7-5-11)8-14-10(2)9-16-13(14)15/h3-7,10H,1,8-9H2,2H3/t10-/m0/s1. The summed E-state index contributed by atoms with van der Waals surface area (Å²) in [6.45, 7) is 6.79. The van der Waals surface area contributed by atoms with E-state index in [2.05, 4.69) is 6.58 Å². The van der Waals surface area contributed by atoms with Crippen LogP contribution in [0.15, 0.2) is 30.8 Å². The fraction of sp³-hybridized carbons (Fsp3) is 0.308. The molecule has 1 aromatic carbocycles. The molecule has 0 saturated carbocycles. The van der Waals surface area contributed by atoms with Crippen molar-refractivity contribution in [3.63, 3.8) is 0 Å². The van der Waals surface area contributed by atoms with E-state index in [-0.39, 0.29) is 12.1 Å². The highest BCUT2D eigenvalue weighted by molar-refractivity contribution is 5.70. The molecular weight excluding hydrogens is 202 g/mol. The van der Waals surface area contributed by atoms with Crippen LogP contribution in [0.4, 0.5) is 4.79 Å². The molecular formula is C13H15NO2. The highest BCUT2D eigenvalue weighted by Crippen LogP contribution is 2.16. The second-order valence-electron chi connectivity index (χ2n) is 4.00. The minimum atomic E-state index is -0.222. The minimum Gasteiger partial charge on any atom is -0.447 e. The van der Waals surface area contributed by atoms with Crippen molar-refractivity contribution in [1.29, 1.82) is 0 Å². The molecule has 0 unspecified atom stereocenters. The minimum absolute atomic E-state index is 0.159. The maximum absolute atomic E-state index is 11.4. The van der Waals surface area contributed by atoms with Crippen LogP contribution in [0, 0.1) is 0 Å². The van der Waals surface area contributed by atoms with E-state index < -0.39 is 0 Å². The lowest BCUT2D eigenvalue weighted by atomic mass is 10.1. The molecule has 0 aromatic heterocycles. The van der Waals surface area contributed by atoms with Gasteiger partial charge in [0, 0.05) is 6.54 Å². The second kappa shape index (κ2) is 4.39. The number of hydrogen-bond acceptors (Lipinski definition) is 2. The summed E-state index contributed by atoms with van der Waals surface area (Å²) >= 11 is 0. The van der Waals surface area contributed by atoms with E-state index in [1.54, 1.807) is 11.0 Å². The molecule has 3 nitrogen and oxygen atoms in total. The predicted octanol–water partition coefficient (Wildman–Crippen LogP) is 2.67. The van der Waals surface area contributed by atoms with Crippen LogP contribution in [0.5, 0.6) is 0 Å². The number of cyclic esters (lactones) is 1. The van der Waals surface area contributed by atoms with Crippen LogP contribution in [0.25, 0.3) is 6.08 Å². The fourth-order valence-corrected chi connectivity index (χ4v) is 1.72. The van der Waals surface area contributed by atoms with Gasteiger partial charge in [-0.15, -0.1) is 0 Å². The Balaban J connectivity index is 2.08. The van der Waals surface area contributed by atoms with Crippen molar-refractivity contribution in [2.75, 3.05) is 6.61 Å². The Bertz CT molecular complexity index is 397. The summed E-state index contributed by atoms with van der Waals surface area (Å²) in [5.41, 5.74) is 2.19. The number of carbonyl (C=O) groups is 1. The van der Waals surface area contributed by atoms with E-state index in [1.807, 2.05) is 31.2 Å². The first-order chi connectivity index (χ1) is 7.70. The molecule has 1 fully saturated rings. The van der Waals surface area contributed by atoms with E-state index in [1.165, 1.54) is 0 Å². The quantitative estimate of drug-likeness (QED) is 0.779. The lowest BCUT2D eigenvalue weighted by Crippen LogP contribution is -2.30. The third-order valence-electron chi connectivity index (χ3n) is 2.78. The maximum atomic E-state index is 11.4. The molecule has 0 N–H and O–H groups in total. The zero-order valence-corrected chi connectivity index (χ0v) is 9.35. The number of carbonyl (C=O) groups excluding carboxylic acids is 1. The second-order valence-corrected chi connectivity index (χ2v) is 4.00. The molecule has 1 aliphatic rings. The molecule has 0 radical (unpaired) electrons. The van der Waals surface area contributed by atoms with Crippen LogP contribution in [0.1, 0.15) is 18.1 Å². The SMILES string of the molecule is C=Cc1ccc(CN2C(=O)OC[C@@H]2C)cc1. The number of amides is 1. The Labute approximate surface area is 95.3 Å². The molecule has 0 spiro atoms. The Morgan fingerprint density at radius 2 is 2.19 bits per heavy atom. The normalized spacial score (nSPS) is 19.7. The summed E-state index contributed by atoms with van der Waals surface area (Å²) in [7, 11) is 0. The van der Waals surface area contributed by atoms with Gasteiger partial charge in [-0.2, -0.15) is 0 Å². The molecule has 1 heterocycles. The Morgan fingerprint density at radius 3 is 2.69 bits per heavy atom. The van der Waals surface area contributed by atoms with Crippen LogP contribution >= 0.6 is 0 Å². The Morgan fingerprint density at radius 1 is 1.50 bits per heavy atom. The van der Waals surface area contributed by atoms with Gasteiger partial charge >= 0.3 is 6.09 Å². The zero-order valence-electron chi connectivity index (χ0n) is 9.35. The van der Waals surface area contributed by atoms with Crippen molar-refractivity contribution in [1.82, 2.24) is 4.90 Å². The average molecular weight is 217 g/mol. The molecule has 84 valence electrons. The molecule has 0 aliphatic carbocycles. The molecule has 16 heavy (non-hydrogen) atoms. The van der Waals surface area contributed by atoms with Crippen molar-refractivity contribution in [3.05, 3.63) is 42.0 Å². The number of ether oxygens (including phenoxy) is 1. The third kappa shape index (κ3) is 2.08. The number of nitrogens with zero attached hydrogens (tertiary/aromatic N) is 1. The van der Waals surface area contributed by atoms with Gasteiger partial charge in [0.25, 0.3) is 0 Å². The lowest BCUT2D eigenvalue weighted by molar-refractivity contribution is 0.156. The molecule has 1 atom stereocenters. The van der Waals surface area contributed by atoms with E-state index >= 15 is 0 Å². The van der Waals surface area contributed by atoms with E-state index in [0.717, 1.165) is 11.1 Å². The smallest absolute Gasteiger partial charge is 0.410 e. The van der Waals surface area contributed by atoms with E-state index in [0.29, 0.717) is 13.2 Å². The average Bonchev–Trinajstić information content (AvgIpc) is 2.62. The molecule has 1 aromatic rings. The van der Waals surface area contributed by atoms with Gasteiger partial charge in [0.05, 0.1) is 6.04 Å². The lowest BCUT2D eigenvalue weighted by Gasteiger charge is -2.17. The highest BCUT2D eigenvalue weighted by Gasteiger charge is 2.29. The first-order valence-electron chi connectivity index (χ1n) is 5.35. The number of hydrogen-bond donors (Lipinski definition) is 0. The topological polar surface area (TPSA) is 29.5 Å². The predicted molar refractivity (Wildman–Crippen MR) is 62.9 cm³/mol. The largest absolute Gasteiger partial charge is 0.447 e. The fourth-order valence-electron chi connectivity index (χ4n) is 1.72. The maximum Gasteiger partial charge on any atom is 0.410 e. The van der Waals surface area contributed by atoms with Crippen LogP contribution in [0.2, 0.25) is 0 Å². The van der Waals surface area contributed by atoms with Gasteiger partial charge in [0.2, 0.25) is 0 Å². The van der Waals surface area contributed by atoms with Gasteiger partial charge in [-0.25, -0.2) is 4.79 Å². The van der Waals surface area contributed by atoms with Crippen LogP contribution in [0.3, 0.4) is 0 Å². The molecule has 0 bridgehead atoms. The molecule has 1 amide bonds. The summed E-state index contributed by atoms with van der Waals surface area (Å²) in [6, 6.07) is 8.17. The van der Waals surface area contributed by atoms with Gasteiger partial charge in [-0.1, -0.05) is 36.9 Å². The van der Waals surface area contributed by atoms with Gasteiger partial charge < -0.3 is 4.74 Å². The van der Waals surface area contributed by atoms with Crippen molar-refractivity contribution < 1.29 is 9.53 Å². The number of rotatable bonds is 3. The third-order valence-corrected chi connectivity index (χ3v) is 2.78. The van der Waals surface area contributed by atoms with Crippen LogP contribution < -0.4 is 0 Å². The molecule has 1 aliphatic heterocycles. The van der Waals surface area contributed by atoms with Gasteiger partial charge in [-0.05, 0) is 18.1 Å². The monoisotopic (exact) mass is 217 g/mol. The zero-order chi connectivity index (χ0) is 11.5. The Kier molecular flexibility index (Phi) is 2.95. The van der Waals surface area contributed by atoms with Crippen molar-refractivity contribution in [2.24, 2.45) is 0 Å². The molecule has 1 saturated heterocycles. The first kappa shape index (κ1) is 10.7. The highest BCUT2D eigenvalue weighted by atomic mass is 16.6. The van der Waals surface area contributed by atoms with Crippen molar-refractivity contribution in [2.45, 2.75) is 19.5 Å². The number of benzene rings is 1. The summed E-state index contributed by atoms with van der Waals surface area (Å²) in [5.74, 6) is 0. The van der Waals surface area contributed by atoms with Gasteiger partial charge in [0.15, 0.2) is 0 Å². The van der Waals surface area contributed by atoms with E-state index in [4.69, 9.17) is 4.74 Å². The van der Waals surface area contributed by atoms with Crippen molar-refractivity contribution >= 4 is 12.2 Å². The summed E-state index contributed by atoms with van der Waals surface area (Å²) in [4.78, 5) is 13.1. The van der Waals surface area contributed by atoms with Gasteiger partial charge in [0.1, 0.15) is 6.61 Å². The first-order valence-corrected chi connectivity index (χ1v) is 5.35. The van der Waals surface area contributed by atoms with E-state index in [9.17, 15) is 4.79 Å². The Hall–Kier alpha value is -1.77. The summed E-state index contributed by atoms with van der Waals surface area (Å²) < 4.78 is 4.97. The van der Waals surface area contributed by atoms with Crippen LogP contribution in [-0.2, 0) is 11.3 Å². The molecule has 2 rings (SSSR count). The summed E-state index contributed by atoms with van der Waals surface area (Å²) in [6.07, 6.45) is 1.58. The summed E-state index contributed by atoms with van der Waals surface area (Å²) in [5, 5.41) is 0. The van der Waals surface area contributed by atoms with Crippen molar-refractivity contribution in [3.8, 4) is 0 Å².